The summed E-state index contributed by atoms with van der Waals surface area (Å²) in [4.78, 5) is 0. The highest BCUT2D eigenvalue weighted by Gasteiger charge is 2.29. The molecular formula is C15H30O. The van der Waals surface area contributed by atoms with Crippen LogP contribution in [0.4, 0.5) is 0 Å². The first-order valence-corrected chi connectivity index (χ1v) is 7.08. The average Bonchev–Trinajstić information content (AvgIpc) is 2.08. The molecule has 2 rings (SSSR count). The minimum atomic E-state index is 0.0300. The third-order valence-electron chi connectivity index (χ3n) is 4.45. The maximum atomic E-state index is 8.87. The highest BCUT2D eigenvalue weighted by atomic mass is 16.3. The van der Waals surface area contributed by atoms with E-state index in [1.807, 2.05) is 0 Å². The molecule has 2 fully saturated rings. The van der Waals surface area contributed by atoms with Crippen molar-refractivity contribution >= 4 is 0 Å². The van der Waals surface area contributed by atoms with Crippen LogP contribution in [0.5, 0.6) is 0 Å². The molecule has 1 heteroatoms. The molecule has 0 heterocycles. The Morgan fingerprint density at radius 2 is 1.19 bits per heavy atom. The van der Waals surface area contributed by atoms with E-state index < -0.39 is 0 Å². The van der Waals surface area contributed by atoms with Gasteiger partial charge in [0.1, 0.15) is 0 Å². The Balaban J connectivity index is 0.000000160. The van der Waals surface area contributed by atoms with Gasteiger partial charge in [-0.1, -0.05) is 34.6 Å². The average molecular weight is 226 g/mol. The van der Waals surface area contributed by atoms with Crippen molar-refractivity contribution in [1.82, 2.24) is 0 Å². The predicted molar refractivity (Wildman–Crippen MR) is 70.3 cm³/mol. The summed E-state index contributed by atoms with van der Waals surface area (Å²) in [7, 11) is 0. The van der Waals surface area contributed by atoms with Crippen molar-refractivity contribution in [3.63, 3.8) is 0 Å². The van der Waals surface area contributed by atoms with Gasteiger partial charge in [-0.25, -0.2) is 0 Å². The number of aliphatic hydroxyl groups excluding tert-OH is 1. The Morgan fingerprint density at radius 1 is 0.812 bits per heavy atom. The van der Waals surface area contributed by atoms with Crippen molar-refractivity contribution in [2.75, 3.05) is 0 Å². The van der Waals surface area contributed by atoms with Gasteiger partial charge in [0, 0.05) is 0 Å². The summed E-state index contributed by atoms with van der Waals surface area (Å²) in [6, 6.07) is 0. The molecule has 2 saturated carbocycles. The zero-order chi connectivity index (χ0) is 12.3. The van der Waals surface area contributed by atoms with Crippen LogP contribution in [-0.4, -0.2) is 11.2 Å². The maximum absolute atomic E-state index is 8.87. The van der Waals surface area contributed by atoms with E-state index in [-0.39, 0.29) is 6.10 Å². The lowest BCUT2D eigenvalue weighted by atomic mass is 9.71. The second-order valence-corrected chi connectivity index (χ2v) is 6.71. The monoisotopic (exact) mass is 226 g/mol. The molecule has 0 spiro atoms. The Labute approximate surface area is 102 Å². The van der Waals surface area contributed by atoms with Crippen molar-refractivity contribution in [1.29, 1.82) is 0 Å². The molecule has 1 nitrogen and oxygen atoms in total. The van der Waals surface area contributed by atoms with Crippen LogP contribution in [0.3, 0.4) is 0 Å². The van der Waals surface area contributed by atoms with Gasteiger partial charge < -0.3 is 5.11 Å². The second-order valence-electron chi connectivity index (χ2n) is 6.71. The summed E-state index contributed by atoms with van der Waals surface area (Å²) >= 11 is 0. The molecular weight excluding hydrogens is 196 g/mol. The summed E-state index contributed by atoms with van der Waals surface area (Å²) in [6.45, 7) is 11.4. The standard InChI is InChI=1S/C8H16.C7H14O/c1-6(2)8-4-7(3)5-8;1-5(2)6-3-7(8)4-6/h6-8H,4-5H2,1-3H3;5-8H,3-4H2,1-2H3. The first kappa shape index (κ1) is 14.0. The lowest BCUT2D eigenvalue weighted by molar-refractivity contribution is 0.0218. The maximum Gasteiger partial charge on any atom is 0.0545 e. The first-order valence-electron chi connectivity index (χ1n) is 7.08. The molecule has 0 unspecified atom stereocenters. The van der Waals surface area contributed by atoms with Crippen molar-refractivity contribution in [3.8, 4) is 0 Å². The number of hydrogen-bond acceptors (Lipinski definition) is 1. The van der Waals surface area contributed by atoms with E-state index in [2.05, 4.69) is 34.6 Å². The molecule has 16 heavy (non-hydrogen) atoms. The van der Waals surface area contributed by atoms with Crippen LogP contribution in [0.25, 0.3) is 0 Å². The molecule has 2 aliphatic carbocycles. The number of hydrogen-bond donors (Lipinski definition) is 1. The topological polar surface area (TPSA) is 20.2 Å². The van der Waals surface area contributed by atoms with Crippen LogP contribution in [0, 0.1) is 29.6 Å². The Hall–Kier alpha value is -0.0400. The molecule has 0 radical (unpaired) electrons. The molecule has 0 amide bonds. The van der Waals surface area contributed by atoms with Crippen LogP contribution >= 0.6 is 0 Å². The fourth-order valence-corrected chi connectivity index (χ4v) is 2.68. The third-order valence-corrected chi connectivity index (χ3v) is 4.45. The number of rotatable bonds is 2. The van der Waals surface area contributed by atoms with Crippen molar-refractivity contribution in [2.45, 2.75) is 66.4 Å². The quantitative estimate of drug-likeness (QED) is 0.751. The molecule has 0 aromatic rings. The van der Waals surface area contributed by atoms with E-state index in [4.69, 9.17) is 5.11 Å². The zero-order valence-electron chi connectivity index (χ0n) is 11.7. The molecule has 0 atom stereocenters. The van der Waals surface area contributed by atoms with Crippen LogP contribution in [0.15, 0.2) is 0 Å². The van der Waals surface area contributed by atoms with Gasteiger partial charge in [-0.2, -0.15) is 0 Å². The van der Waals surface area contributed by atoms with E-state index in [1.54, 1.807) is 0 Å². The number of aliphatic hydroxyl groups is 1. The van der Waals surface area contributed by atoms with E-state index in [0.717, 1.165) is 42.4 Å². The van der Waals surface area contributed by atoms with Crippen molar-refractivity contribution in [3.05, 3.63) is 0 Å². The van der Waals surface area contributed by atoms with Gasteiger partial charge in [0.05, 0.1) is 6.10 Å². The first-order chi connectivity index (χ1) is 7.40. The summed E-state index contributed by atoms with van der Waals surface area (Å²) in [5, 5.41) is 8.87. The van der Waals surface area contributed by atoms with Gasteiger partial charge in [0.25, 0.3) is 0 Å². The third kappa shape index (κ3) is 4.08. The van der Waals surface area contributed by atoms with Crippen molar-refractivity contribution in [2.24, 2.45) is 29.6 Å². The Morgan fingerprint density at radius 3 is 1.31 bits per heavy atom. The van der Waals surface area contributed by atoms with Crippen LogP contribution in [0.1, 0.15) is 60.3 Å². The zero-order valence-corrected chi connectivity index (χ0v) is 11.7. The van der Waals surface area contributed by atoms with Gasteiger partial charge >= 0.3 is 0 Å². The van der Waals surface area contributed by atoms with Crippen LogP contribution in [-0.2, 0) is 0 Å². The molecule has 1 N–H and O–H groups in total. The summed E-state index contributed by atoms with van der Waals surface area (Å²) in [6.07, 6.45) is 5.08. The predicted octanol–water partition coefficient (Wildman–Crippen LogP) is 4.10. The van der Waals surface area contributed by atoms with Gasteiger partial charge in [-0.05, 0) is 55.3 Å². The molecule has 2 aliphatic rings. The smallest absolute Gasteiger partial charge is 0.0545 e. The molecule has 0 aromatic carbocycles. The van der Waals surface area contributed by atoms with Gasteiger partial charge in [-0.15, -0.1) is 0 Å². The lowest BCUT2D eigenvalue weighted by Gasteiger charge is -2.35. The minimum Gasteiger partial charge on any atom is -0.393 e. The molecule has 0 aliphatic heterocycles. The van der Waals surface area contributed by atoms with E-state index in [9.17, 15) is 0 Å². The van der Waals surface area contributed by atoms with E-state index in [0.29, 0.717) is 0 Å². The second kappa shape index (κ2) is 6.05. The summed E-state index contributed by atoms with van der Waals surface area (Å²) in [5.41, 5.74) is 0. The largest absolute Gasteiger partial charge is 0.393 e. The van der Waals surface area contributed by atoms with E-state index >= 15 is 0 Å². The normalized spacial score (nSPS) is 37.5. The van der Waals surface area contributed by atoms with Crippen LogP contribution < -0.4 is 0 Å². The fourth-order valence-electron chi connectivity index (χ4n) is 2.68. The molecule has 0 aromatic heterocycles. The summed E-state index contributed by atoms with van der Waals surface area (Å²) < 4.78 is 0. The highest BCUT2D eigenvalue weighted by molar-refractivity contribution is 4.80. The Kier molecular flexibility index (Phi) is 5.30. The fraction of sp³-hybridized carbons (Fsp3) is 1.00. The van der Waals surface area contributed by atoms with Gasteiger partial charge in [0.15, 0.2) is 0 Å². The van der Waals surface area contributed by atoms with Crippen LogP contribution in [0.2, 0.25) is 0 Å². The minimum absolute atomic E-state index is 0.0300. The molecule has 0 saturated heterocycles. The van der Waals surface area contributed by atoms with Crippen molar-refractivity contribution < 1.29 is 5.11 Å². The highest BCUT2D eigenvalue weighted by Crippen LogP contribution is 2.37. The lowest BCUT2D eigenvalue weighted by Crippen LogP contribution is -2.31. The van der Waals surface area contributed by atoms with Gasteiger partial charge in [-0.3, -0.25) is 0 Å². The molecule has 96 valence electrons. The van der Waals surface area contributed by atoms with E-state index in [1.165, 1.54) is 12.8 Å². The SMILES string of the molecule is CC(C)C1CC(O)C1.CC1CC(C(C)C)C1. The Bertz CT molecular complexity index is 164. The summed E-state index contributed by atoms with van der Waals surface area (Å²) in [5.74, 6) is 4.61. The molecule has 0 bridgehead atoms. The van der Waals surface area contributed by atoms with Gasteiger partial charge in [0.2, 0.25) is 0 Å².